The Morgan fingerprint density at radius 1 is 0.333 bits per heavy atom. The highest BCUT2D eigenvalue weighted by Crippen LogP contribution is 2.41. The molecule has 0 aliphatic rings. The topological polar surface area (TPSA) is 35.6 Å². The van der Waals surface area contributed by atoms with Crippen molar-refractivity contribution in [3.63, 3.8) is 0 Å². The Bertz CT molecular complexity index is 2810. The Balaban J connectivity index is 1.28. The first-order chi connectivity index (χ1) is 23.8. The van der Waals surface area contributed by atoms with Gasteiger partial charge in [0, 0.05) is 32.8 Å². The minimum absolute atomic E-state index is 0.825. The molecule has 0 fully saturated rings. The molecule has 0 N–H and O–H groups in total. The van der Waals surface area contributed by atoms with Crippen LogP contribution in [-0.2, 0) is 0 Å². The van der Waals surface area contributed by atoms with Gasteiger partial charge in [0.25, 0.3) is 0 Å². The van der Waals surface area contributed by atoms with Crippen LogP contribution in [0.5, 0.6) is 0 Å². The Kier molecular flexibility index (Phi) is 5.84. The predicted molar refractivity (Wildman–Crippen MR) is 199 cm³/mol. The zero-order valence-corrected chi connectivity index (χ0v) is 26.0. The van der Waals surface area contributed by atoms with Gasteiger partial charge in [0.15, 0.2) is 5.82 Å². The van der Waals surface area contributed by atoms with Crippen LogP contribution in [0.1, 0.15) is 0 Å². The highest BCUT2D eigenvalue weighted by molar-refractivity contribution is 6.19. The maximum atomic E-state index is 5.32. The van der Waals surface area contributed by atoms with Crippen LogP contribution in [0.2, 0.25) is 0 Å². The van der Waals surface area contributed by atoms with Crippen molar-refractivity contribution in [2.75, 3.05) is 0 Å². The van der Waals surface area contributed by atoms with Gasteiger partial charge < -0.3 is 4.57 Å². The number of aromatic nitrogens is 4. The monoisotopic (exact) mass is 612 g/mol. The fourth-order valence-electron chi connectivity index (χ4n) is 7.31. The standard InChI is InChI=1S/C44H28N4/c1-3-13-29(14-4-1)30-23-25-32(26-24-30)47-39-21-11-7-17-33(39)35-28-42-36(27-41(35)47)34-18-8-12-22-40(34)48(42)44-43(31-15-5-2-6-16-31)45-37-19-9-10-20-38(37)46-44/h1-28H. The number of rotatable bonds is 4. The summed E-state index contributed by atoms with van der Waals surface area (Å²) in [5.41, 5.74) is 11.8. The van der Waals surface area contributed by atoms with Gasteiger partial charge in [0.05, 0.1) is 33.1 Å². The molecule has 0 aliphatic carbocycles. The summed E-state index contributed by atoms with van der Waals surface area (Å²) in [7, 11) is 0. The molecule has 10 aromatic rings. The van der Waals surface area contributed by atoms with E-state index in [0.29, 0.717) is 0 Å². The van der Waals surface area contributed by atoms with E-state index in [1.54, 1.807) is 0 Å². The first-order valence-corrected chi connectivity index (χ1v) is 16.3. The second kappa shape index (κ2) is 10.5. The lowest BCUT2D eigenvalue weighted by Crippen LogP contribution is -2.03. The summed E-state index contributed by atoms with van der Waals surface area (Å²) in [6.07, 6.45) is 0. The third kappa shape index (κ3) is 4.03. The van der Waals surface area contributed by atoms with Gasteiger partial charge in [-0.25, -0.2) is 9.97 Å². The molecule has 0 saturated carbocycles. The molecule has 0 unspecified atom stereocenters. The molecular weight excluding hydrogens is 585 g/mol. The number of benzene rings is 7. The van der Waals surface area contributed by atoms with Crippen LogP contribution in [0.25, 0.3) is 88.5 Å². The second-order valence-corrected chi connectivity index (χ2v) is 12.3. The summed E-state index contributed by atoms with van der Waals surface area (Å²) in [5.74, 6) is 0.825. The van der Waals surface area contributed by atoms with E-state index in [1.165, 1.54) is 43.7 Å². The molecule has 4 nitrogen and oxygen atoms in total. The average Bonchev–Trinajstić information content (AvgIpc) is 3.66. The summed E-state index contributed by atoms with van der Waals surface area (Å²) in [5, 5.41) is 4.77. The minimum atomic E-state index is 0.825. The Labute approximate surface area is 276 Å². The lowest BCUT2D eigenvalue weighted by molar-refractivity contribution is 1.08. The molecule has 224 valence electrons. The normalized spacial score (nSPS) is 11.8. The number of fused-ring (bicyclic) bond motifs is 7. The van der Waals surface area contributed by atoms with Gasteiger partial charge in [-0.3, -0.25) is 4.57 Å². The van der Waals surface area contributed by atoms with E-state index in [9.17, 15) is 0 Å². The Morgan fingerprint density at radius 3 is 1.46 bits per heavy atom. The summed E-state index contributed by atoms with van der Waals surface area (Å²) in [4.78, 5) is 10.5. The van der Waals surface area contributed by atoms with E-state index in [0.717, 1.165) is 44.8 Å². The van der Waals surface area contributed by atoms with Gasteiger partial charge in [-0.1, -0.05) is 121 Å². The number of hydrogen-bond donors (Lipinski definition) is 0. The molecule has 4 heteroatoms. The van der Waals surface area contributed by atoms with Crippen molar-refractivity contribution in [2.45, 2.75) is 0 Å². The van der Waals surface area contributed by atoms with Crippen molar-refractivity contribution < 1.29 is 0 Å². The lowest BCUT2D eigenvalue weighted by atomic mass is 10.1. The molecule has 0 atom stereocenters. The highest BCUT2D eigenvalue weighted by atomic mass is 15.1. The van der Waals surface area contributed by atoms with E-state index >= 15 is 0 Å². The molecule has 3 heterocycles. The SMILES string of the molecule is c1ccc(-c2ccc(-n3c4ccccc4c4cc5c(cc43)c3ccccc3n5-c3nc4ccccc4nc3-c3ccccc3)cc2)cc1. The molecular formula is C44H28N4. The van der Waals surface area contributed by atoms with Crippen LogP contribution in [0.4, 0.5) is 0 Å². The third-order valence-electron chi connectivity index (χ3n) is 9.51. The summed E-state index contributed by atoms with van der Waals surface area (Å²) in [6.45, 7) is 0. The maximum Gasteiger partial charge on any atom is 0.165 e. The van der Waals surface area contributed by atoms with Crippen molar-refractivity contribution in [2.24, 2.45) is 0 Å². The van der Waals surface area contributed by atoms with E-state index in [2.05, 4.69) is 149 Å². The van der Waals surface area contributed by atoms with Gasteiger partial charge >= 0.3 is 0 Å². The van der Waals surface area contributed by atoms with Crippen molar-refractivity contribution in [1.29, 1.82) is 0 Å². The molecule has 0 aliphatic heterocycles. The number of nitrogens with zero attached hydrogens (tertiary/aromatic N) is 4. The molecule has 0 saturated heterocycles. The minimum Gasteiger partial charge on any atom is -0.309 e. The molecule has 0 bridgehead atoms. The van der Waals surface area contributed by atoms with Gasteiger partial charge in [-0.05, 0) is 59.7 Å². The largest absolute Gasteiger partial charge is 0.309 e. The lowest BCUT2D eigenvalue weighted by Gasteiger charge is -2.14. The summed E-state index contributed by atoms with van der Waals surface area (Å²) >= 11 is 0. The zero-order chi connectivity index (χ0) is 31.6. The number of para-hydroxylation sites is 4. The molecule has 0 spiro atoms. The third-order valence-corrected chi connectivity index (χ3v) is 9.51. The summed E-state index contributed by atoms with van der Waals surface area (Å²) < 4.78 is 4.71. The van der Waals surface area contributed by atoms with Gasteiger partial charge in [0.2, 0.25) is 0 Å². The van der Waals surface area contributed by atoms with Gasteiger partial charge in [-0.15, -0.1) is 0 Å². The molecule has 0 radical (unpaired) electrons. The van der Waals surface area contributed by atoms with Gasteiger partial charge in [-0.2, -0.15) is 0 Å². The molecule has 10 rings (SSSR count). The predicted octanol–water partition coefficient (Wildman–Crippen LogP) is 11.2. The van der Waals surface area contributed by atoms with E-state index < -0.39 is 0 Å². The van der Waals surface area contributed by atoms with Crippen molar-refractivity contribution in [3.05, 3.63) is 170 Å². The van der Waals surface area contributed by atoms with Crippen LogP contribution in [-0.4, -0.2) is 19.1 Å². The van der Waals surface area contributed by atoms with Crippen molar-refractivity contribution in [1.82, 2.24) is 19.1 Å². The Morgan fingerprint density at radius 2 is 0.812 bits per heavy atom. The fourth-order valence-corrected chi connectivity index (χ4v) is 7.31. The quantitative estimate of drug-likeness (QED) is 0.198. The van der Waals surface area contributed by atoms with Crippen LogP contribution in [0.15, 0.2) is 170 Å². The van der Waals surface area contributed by atoms with Crippen LogP contribution in [0.3, 0.4) is 0 Å². The van der Waals surface area contributed by atoms with E-state index in [4.69, 9.17) is 9.97 Å². The summed E-state index contributed by atoms with van der Waals surface area (Å²) in [6, 6.07) is 60.1. The molecule has 7 aromatic carbocycles. The number of hydrogen-bond acceptors (Lipinski definition) is 2. The van der Waals surface area contributed by atoms with E-state index in [1.807, 2.05) is 30.3 Å². The average molecular weight is 613 g/mol. The highest BCUT2D eigenvalue weighted by Gasteiger charge is 2.21. The van der Waals surface area contributed by atoms with Crippen molar-refractivity contribution >= 4 is 54.6 Å². The Hall–Kier alpha value is -6.52. The van der Waals surface area contributed by atoms with Crippen LogP contribution in [0, 0.1) is 0 Å². The fraction of sp³-hybridized carbons (Fsp3) is 0. The second-order valence-electron chi connectivity index (χ2n) is 12.3. The molecule has 3 aromatic heterocycles. The van der Waals surface area contributed by atoms with E-state index in [-0.39, 0.29) is 0 Å². The zero-order valence-electron chi connectivity index (χ0n) is 26.0. The van der Waals surface area contributed by atoms with Gasteiger partial charge in [0.1, 0.15) is 5.69 Å². The molecule has 48 heavy (non-hydrogen) atoms. The first-order valence-electron chi connectivity index (χ1n) is 16.3. The van der Waals surface area contributed by atoms with Crippen LogP contribution >= 0.6 is 0 Å². The molecule has 0 amide bonds. The van der Waals surface area contributed by atoms with Crippen LogP contribution < -0.4 is 0 Å². The first kappa shape index (κ1) is 26.7. The maximum absolute atomic E-state index is 5.32. The van der Waals surface area contributed by atoms with Crippen molar-refractivity contribution in [3.8, 4) is 33.9 Å². The smallest absolute Gasteiger partial charge is 0.165 e.